The normalized spacial score (nSPS) is 14.2. The van der Waals surface area contributed by atoms with Crippen molar-refractivity contribution in [2.75, 3.05) is 6.54 Å². The van der Waals surface area contributed by atoms with E-state index in [-0.39, 0.29) is 12.5 Å². The summed E-state index contributed by atoms with van der Waals surface area (Å²) < 4.78 is 5.50. The highest BCUT2D eigenvalue weighted by Crippen LogP contribution is 2.22. The molecule has 23 heavy (non-hydrogen) atoms. The Kier molecular flexibility index (Phi) is 4.27. The number of para-hydroxylation sites is 2. The van der Waals surface area contributed by atoms with E-state index in [1.807, 2.05) is 41.1 Å². The molecule has 6 heteroatoms. The molecule has 0 aliphatic rings. The number of carbonyl (C=O) groups is 1. The molecule has 0 spiro atoms. The van der Waals surface area contributed by atoms with Crippen LogP contribution in [0.15, 0.2) is 51.6 Å². The molecule has 0 unspecified atom stereocenters. The third kappa shape index (κ3) is 3.67. The van der Waals surface area contributed by atoms with Crippen LogP contribution in [0, 0.1) is 0 Å². The topological polar surface area (TPSA) is 75.4 Å². The fraction of sp³-hybridized carbons (Fsp3) is 0.176. The zero-order valence-corrected chi connectivity index (χ0v) is 13.3. The minimum Gasteiger partial charge on any atom is -0.437 e. The van der Waals surface area contributed by atoms with Gasteiger partial charge in [-0.15, -0.1) is 0 Å². The third-order valence-corrected chi connectivity index (χ3v) is 4.12. The SMILES string of the molecule is C[C@@](O)(CNC(=O)/C=C/c1nc2ccccc2o1)c1ccsc1. The van der Waals surface area contributed by atoms with Gasteiger partial charge in [-0.25, -0.2) is 4.98 Å². The molecule has 0 bridgehead atoms. The number of amides is 1. The van der Waals surface area contributed by atoms with Gasteiger partial charge in [-0.3, -0.25) is 4.79 Å². The van der Waals surface area contributed by atoms with Crippen LogP contribution in [0.3, 0.4) is 0 Å². The van der Waals surface area contributed by atoms with Gasteiger partial charge in [-0.1, -0.05) is 12.1 Å². The second-order valence-electron chi connectivity index (χ2n) is 5.36. The van der Waals surface area contributed by atoms with Gasteiger partial charge in [0, 0.05) is 12.2 Å². The fourth-order valence-corrected chi connectivity index (χ4v) is 2.88. The first-order valence-electron chi connectivity index (χ1n) is 7.11. The Bertz CT molecular complexity index is 802. The van der Waals surface area contributed by atoms with E-state index in [1.54, 1.807) is 6.92 Å². The van der Waals surface area contributed by atoms with Crippen molar-refractivity contribution in [2.24, 2.45) is 0 Å². The van der Waals surface area contributed by atoms with Gasteiger partial charge in [0.2, 0.25) is 11.8 Å². The Labute approximate surface area is 137 Å². The van der Waals surface area contributed by atoms with Gasteiger partial charge in [0.15, 0.2) is 5.58 Å². The Morgan fingerprint density at radius 1 is 1.43 bits per heavy atom. The molecule has 1 amide bonds. The van der Waals surface area contributed by atoms with Crippen molar-refractivity contribution >= 4 is 34.4 Å². The Hall–Kier alpha value is -2.44. The van der Waals surface area contributed by atoms with Crippen LogP contribution in [0.4, 0.5) is 0 Å². The molecule has 0 saturated carbocycles. The number of carbonyl (C=O) groups excluding carboxylic acids is 1. The average Bonchev–Trinajstić information content (AvgIpc) is 3.20. The van der Waals surface area contributed by atoms with Crippen molar-refractivity contribution < 1.29 is 14.3 Å². The predicted octanol–water partition coefficient (Wildman–Crippen LogP) is 2.93. The molecule has 0 radical (unpaired) electrons. The summed E-state index contributed by atoms with van der Waals surface area (Å²) >= 11 is 1.50. The predicted molar refractivity (Wildman–Crippen MR) is 89.9 cm³/mol. The number of benzene rings is 1. The minimum atomic E-state index is -1.10. The number of thiophene rings is 1. The summed E-state index contributed by atoms with van der Waals surface area (Å²) in [5.41, 5.74) is 1.10. The maximum Gasteiger partial charge on any atom is 0.244 e. The van der Waals surface area contributed by atoms with Gasteiger partial charge in [0.05, 0.1) is 6.54 Å². The van der Waals surface area contributed by atoms with Crippen molar-refractivity contribution in [2.45, 2.75) is 12.5 Å². The van der Waals surface area contributed by atoms with Crippen LogP contribution in [-0.4, -0.2) is 22.5 Å². The van der Waals surface area contributed by atoms with Gasteiger partial charge in [-0.05, 0) is 41.4 Å². The molecule has 3 aromatic rings. The maximum absolute atomic E-state index is 11.9. The van der Waals surface area contributed by atoms with Crippen LogP contribution in [0.2, 0.25) is 0 Å². The van der Waals surface area contributed by atoms with E-state index < -0.39 is 5.60 Å². The molecule has 1 aromatic carbocycles. The van der Waals surface area contributed by atoms with E-state index in [0.717, 1.165) is 11.1 Å². The second kappa shape index (κ2) is 6.36. The van der Waals surface area contributed by atoms with Crippen LogP contribution in [0.25, 0.3) is 17.2 Å². The largest absolute Gasteiger partial charge is 0.437 e. The molecule has 3 rings (SSSR count). The quantitative estimate of drug-likeness (QED) is 0.706. The van der Waals surface area contributed by atoms with Crippen molar-refractivity contribution in [1.29, 1.82) is 0 Å². The van der Waals surface area contributed by atoms with E-state index in [1.165, 1.54) is 23.5 Å². The summed E-state index contributed by atoms with van der Waals surface area (Å²) in [6.45, 7) is 1.79. The molecule has 118 valence electrons. The van der Waals surface area contributed by atoms with E-state index >= 15 is 0 Å². The van der Waals surface area contributed by atoms with Crippen molar-refractivity contribution in [3.8, 4) is 0 Å². The van der Waals surface area contributed by atoms with Crippen molar-refractivity contribution in [3.63, 3.8) is 0 Å². The number of nitrogens with zero attached hydrogens (tertiary/aromatic N) is 1. The van der Waals surface area contributed by atoms with Gasteiger partial charge < -0.3 is 14.8 Å². The number of rotatable bonds is 5. The summed E-state index contributed by atoms with van der Waals surface area (Å²) in [6.07, 6.45) is 2.85. The molecular formula is C17H16N2O3S. The number of hydrogen-bond acceptors (Lipinski definition) is 5. The van der Waals surface area contributed by atoms with E-state index in [2.05, 4.69) is 10.3 Å². The lowest BCUT2D eigenvalue weighted by Crippen LogP contribution is -2.37. The smallest absolute Gasteiger partial charge is 0.244 e. The first-order chi connectivity index (χ1) is 11.0. The molecule has 0 aliphatic carbocycles. The van der Waals surface area contributed by atoms with Crippen molar-refractivity contribution in [1.82, 2.24) is 10.3 Å². The second-order valence-corrected chi connectivity index (χ2v) is 6.14. The van der Waals surface area contributed by atoms with Gasteiger partial charge in [0.25, 0.3) is 0 Å². The summed E-state index contributed by atoms with van der Waals surface area (Å²) in [7, 11) is 0. The lowest BCUT2D eigenvalue weighted by molar-refractivity contribution is -0.117. The lowest BCUT2D eigenvalue weighted by Gasteiger charge is -2.22. The van der Waals surface area contributed by atoms with Gasteiger partial charge >= 0.3 is 0 Å². The molecular weight excluding hydrogens is 312 g/mol. The average molecular weight is 328 g/mol. The van der Waals surface area contributed by atoms with Crippen molar-refractivity contribution in [3.05, 3.63) is 58.6 Å². The summed E-state index contributed by atoms with van der Waals surface area (Å²) in [4.78, 5) is 16.1. The Balaban J connectivity index is 1.60. The highest BCUT2D eigenvalue weighted by atomic mass is 32.1. The molecule has 0 saturated heterocycles. The van der Waals surface area contributed by atoms with Crippen LogP contribution < -0.4 is 5.32 Å². The molecule has 0 fully saturated rings. The molecule has 0 aliphatic heterocycles. The van der Waals surface area contributed by atoms with Crippen LogP contribution >= 0.6 is 11.3 Å². The number of fused-ring (bicyclic) bond motifs is 1. The monoisotopic (exact) mass is 328 g/mol. The zero-order valence-electron chi connectivity index (χ0n) is 12.5. The van der Waals surface area contributed by atoms with Crippen LogP contribution in [0.1, 0.15) is 18.4 Å². The summed E-state index contributed by atoms with van der Waals surface area (Å²) in [6, 6.07) is 9.23. The molecule has 5 nitrogen and oxygen atoms in total. The standard InChI is InChI=1S/C17H16N2O3S/c1-17(21,12-8-9-23-10-12)11-18-15(20)6-7-16-19-13-4-2-3-5-14(13)22-16/h2-10,21H,11H2,1H3,(H,18,20)/b7-6+/t17-/m1/s1. The summed E-state index contributed by atoms with van der Waals surface area (Å²) in [5.74, 6) is 0.0497. The minimum absolute atomic E-state index is 0.125. The third-order valence-electron chi connectivity index (χ3n) is 3.44. The number of aromatic nitrogens is 1. The summed E-state index contributed by atoms with van der Waals surface area (Å²) in [5, 5.41) is 16.8. The first-order valence-corrected chi connectivity index (χ1v) is 8.05. The van der Waals surface area contributed by atoms with Crippen LogP contribution in [0.5, 0.6) is 0 Å². The molecule has 2 heterocycles. The lowest BCUT2D eigenvalue weighted by atomic mass is 9.99. The van der Waals surface area contributed by atoms with E-state index in [0.29, 0.717) is 11.5 Å². The highest BCUT2D eigenvalue weighted by molar-refractivity contribution is 7.08. The van der Waals surface area contributed by atoms with Gasteiger partial charge in [0.1, 0.15) is 11.1 Å². The Morgan fingerprint density at radius 3 is 3.00 bits per heavy atom. The van der Waals surface area contributed by atoms with Gasteiger partial charge in [-0.2, -0.15) is 11.3 Å². The molecule has 1 atom stereocenters. The van der Waals surface area contributed by atoms with E-state index in [4.69, 9.17) is 4.42 Å². The fourth-order valence-electron chi connectivity index (χ4n) is 2.10. The molecule has 2 N–H and O–H groups in total. The number of aliphatic hydroxyl groups is 1. The Morgan fingerprint density at radius 2 is 2.26 bits per heavy atom. The van der Waals surface area contributed by atoms with E-state index in [9.17, 15) is 9.90 Å². The van der Waals surface area contributed by atoms with Crippen LogP contribution in [-0.2, 0) is 10.4 Å². The first kappa shape index (κ1) is 15.5. The number of hydrogen-bond donors (Lipinski definition) is 2. The number of nitrogens with one attached hydrogen (secondary N) is 1. The highest BCUT2D eigenvalue weighted by Gasteiger charge is 2.23. The maximum atomic E-state index is 11.9. The zero-order chi connectivity index (χ0) is 16.3. The number of oxazole rings is 1. The molecule has 2 aromatic heterocycles.